The van der Waals surface area contributed by atoms with E-state index in [0.717, 1.165) is 22.4 Å². The van der Waals surface area contributed by atoms with Crippen LogP contribution in [0.5, 0.6) is 0 Å². The summed E-state index contributed by atoms with van der Waals surface area (Å²) in [5.74, 6) is -1.51. The monoisotopic (exact) mass is 403 g/mol. The fourth-order valence-electron chi connectivity index (χ4n) is 3.20. The highest BCUT2D eigenvalue weighted by Gasteiger charge is 2.24. The third kappa shape index (κ3) is 5.00. The Morgan fingerprint density at radius 2 is 1.77 bits per heavy atom. The van der Waals surface area contributed by atoms with E-state index >= 15 is 0 Å². The van der Waals surface area contributed by atoms with E-state index in [9.17, 15) is 14.0 Å². The number of carbonyl (C=O) groups excluding carboxylic acids is 2. The molecule has 152 valence electrons. The molecule has 0 aromatic heterocycles. The summed E-state index contributed by atoms with van der Waals surface area (Å²) in [6, 6.07) is 18.4. The summed E-state index contributed by atoms with van der Waals surface area (Å²) < 4.78 is 13.5. The van der Waals surface area contributed by atoms with Crippen molar-refractivity contribution >= 4 is 28.3 Å². The molecule has 0 unspecified atom stereocenters. The maximum Gasteiger partial charge on any atom is 0.247 e. The summed E-state index contributed by atoms with van der Waals surface area (Å²) in [7, 11) is 0. The highest BCUT2D eigenvalue weighted by Crippen LogP contribution is 2.17. The first-order valence-corrected chi connectivity index (χ1v) is 9.65. The third-order valence-electron chi connectivity index (χ3n) is 4.80. The van der Waals surface area contributed by atoms with Crippen molar-refractivity contribution < 1.29 is 14.0 Å². The minimum absolute atomic E-state index is 0.149. The molecule has 0 bridgehead atoms. The van der Waals surface area contributed by atoms with Gasteiger partial charge in [-0.25, -0.2) is 4.39 Å². The number of hydrogen-bond donors (Lipinski definition) is 2. The van der Waals surface area contributed by atoms with Gasteiger partial charge in [0.2, 0.25) is 11.8 Å². The van der Waals surface area contributed by atoms with Crippen LogP contribution in [0.3, 0.4) is 0 Å². The molecular weight excluding hydrogens is 381 g/mol. The molecule has 3 aromatic rings. The maximum atomic E-state index is 13.5. The van der Waals surface area contributed by atoms with Gasteiger partial charge < -0.3 is 10.6 Å². The maximum absolute atomic E-state index is 13.5. The van der Waals surface area contributed by atoms with Crippen molar-refractivity contribution in [3.05, 3.63) is 77.6 Å². The zero-order chi connectivity index (χ0) is 21.7. The zero-order valence-corrected chi connectivity index (χ0v) is 16.8. The number of carbonyl (C=O) groups is 2. The lowest BCUT2D eigenvalue weighted by atomic mass is 10.0. The number of fused-ring (bicyclic) bond motifs is 1. The second-order valence-corrected chi connectivity index (χ2v) is 7.44. The first-order chi connectivity index (χ1) is 14.4. The molecule has 5 nitrogen and oxygen atoms in total. The Bertz CT molecular complexity index is 1130. The lowest BCUT2D eigenvalue weighted by molar-refractivity contribution is -0.127. The predicted molar refractivity (Wildman–Crippen MR) is 114 cm³/mol. The second-order valence-electron chi connectivity index (χ2n) is 7.44. The molecule has 1 atom stereocenters. The number of halogens is 1. The highest BCUT2D eigenvalue weighted by molar-refractivity contribution is 5.97. The summed E-state index contributed by atoms with van der Waals surface area (Å²) in [5, 5.41) is 16.5. The lowest BCUT2D eigenvalue weighted by Gasteiger charge is -2.22. The molecule has 3 rings (SSSR count). The van der Waals surface area contributed by atoms with Crippen LogP contribution in [0.2, 0.25) is 0 Å². The topological polar surface area (TPSA) is 82.0 Å². The van der Waals surface area contributed by atoms with Crippen LogP contribution in [0.15, 0.2) is 60.7 Å². The van der Waals surface area contributed by atoms with Crippen LogP contribution in [0.25, 0.3) is 10.8 Å². The molecule has 2 N–H and O–H groups in total. The Morgan fingerprint density at radius 3 is 2.47 bits per heavy atom. The van der Waals surface area contributed by atoms with Crippen molar-refractivity contribution in [3.8, 4) is 6.07 Å². The molecule has 0 fully saturated rings. The van der Waals surface area contributed by atoms with E-state index in [1.54, 1.807) is 6.07 Å². The molecule has 0 aliphatic heterocycles. The summed E-state index contributed by atoms with van der Waals surface area (Å²) in [5.41, 5.74) is 0.993. The molecule has 0 heterocycles. The minimum atomic E-state index is -0.770. The number of nitrogens with zero attached hydrogens (tertiary/aromatic N) is 1. The summed E-state index contributed by atoms with van der Waals surface area (Å²) in [4.78, 5) is 25.3. The number of rotatable bonds is 6. The van der Waals surface area contributed by atoms with Gasteiger partial charge in [0.15, 0.2) is 0 Å². The number of amides is 2. The van der Waals surface area contributed by atoms with E-state index in [0.29, 0.717) is 5.69 Å². The minimum Gasteiger partial charge on any atom is -0.344 e. The van der Waals surface area contributed by atoms with E-state index in [1.807, 2.05) is 56.3 Å². The molecule has 30 heavy (non-hydrogen) atoms. The lowest BCUT2D eigenvalue weighted by Crippen LogP contribution is -2.47. The smallest absolute Gasteiger partial charge is 0.247 e. The first kappa shape index (κ1) is 21.0. The van der Waals surface area contributed by atoms with Crippen molar-refractivity contribution in [2.75, 3.05) is 5.32 Å². The van der Waals surface area contributed by atoms with E-state index < -0.39 is 17.8 Å². The van der Waals surface area contributed by atoms with Gasteiger partial charge in [0, 0.05) is 5.69 Å². The molecule has 6 heteroatoms. The Labute approximate surface area is 174 Å². The number of nitriles is 1. The average Bonchev–Trinajstić information content (AvgIpc) is 2.73. The Hall–Kier alpha value is -3.72. The number of nitrogens with one attached hydrogen (secondary N) is 2. The van der Waals surface area contributed by atoms with Crippen molar-refractivity contribution in [1.82, 2.24) is 5.32 Å². The third-order valence-corrected chi connectivity index (χ3v) is 4.80. The van der Waals surface area contributed by atoms with Gasteiger partial charge in [-0.05, 0) is 40.5 Å². The number of hydrogen-bond acceptors (Lipinski definition) is 3. The molecule has 0 aliphatic carbocycles. The molecule has 0 aliphatic rings. The second kappa shape index (κ2) is 9.19. The van der Waals surface area contributed by atoms with Gasteiger partial charge in [-0.3, -0.25) is 9.59 Å². The fourth-order valence-corrected chi connectivity index (χ4v) is 3.20. The Balaban J connectivity index is 1.68. The van der Waals surface area contributed by atoms with Gasteiger partial charge in [0.05, 0.1) is 12.0 Å². The van der Waals surface area contributed by atoms with Crippen LogP contribution in [0.1, 0.15) is 25.0 Å². The van der Waals surface area contributed by atoms with Crippen LogP contribution in [0, 0.1) is 23.1 Å². The van der Waals surface area contributed by atoms with E-state index in [-0.39, 0.29) is 23.8 Å². The highest BCUT2D eigenvalue weighted by atomic mass is 19.1. The van der Waals surface area contributed by atoms with Gasteiger partial charge in [-0.2, -0.15) is 5.26 Å². The Kier molecular flexibility index (Phi) is 6.43. The molecule has 3 aromatic carbocycles. The quantitative estimate of drug-likeness (QED) is 0.648. The van der Waals surface area contributed by atoms with Gasteiger partial charge in [0.1, 0.15) is 17.9 Å². The standard InChI is InChI=1S/C24H22FN3O2/c1-15(2)23(24(30)27-20-9-10-21(25)19(13-20)14-26)28-22(29)12-16-7-8-17-5-3-4-6-18(17)11-16/h3-11,13,15,23H,12H2,1-2H3,(H,27,30)(H,28,29)/t23-/m0/s1. The SMILES string of the molecule is CC(C)[C@H](NC(=O)Cc1ccc2ccccc2c1)C(=O)Nc1ccc(F)c(C#N)c1. The van der Waals surface area contributed by atoms with Gasteiger partial charge in [-0.1, -0.05) is 56.3 Å². The summed E-state index contributed by atoms with van der Waals surface area (Å²) >= 11 is 0. The van der Waals surface area contributed by atoms with Crippen molar-refractivity contribution in [2.45, 2.75) is 26.3 Å². The van der Waals surface area contributed by atoms with E-state index in [2.05, 4.69) is 10.6 Å². The number of anilines is 1. The van der Waals surface area contributed by atoms with Crippen LogP contribution in [0.4, 0.5) is 10.1 Å². The zero-order valence-electron chi connectivity index (χ0n) is 16.8. The van der Waals surface area contributed by atoms with Crippen LogP contribution >= 0.6 is 0 Å². The Morgan fingerprint density at radius 1 is 1.03 bits per heavy atom. The summed E-state index contributed by atoms with van der Waals surface area (Å²) in [6.45, 7) is 3.65. The first-order valence-electron chi connectivity index (χ1n) is 9.65. The molecule has 0 spiro atoms. The van der Waals surface area contributed by atoms with Crippen LogP contribution in [-0.2, 0) is 16.0 Å². The normalized spacial score (nSPS) is 11.7. The van der Waals surface area contributed by atoms with E-state index in [4.69, 9.17) is 5.26 Å². The molecule has 0 radical (unpaired) electrons. The van der Waals surface area contributed by atoms with Crippen LogP contribution in [-0.4, -0.2) is 17.9 Å². The van der Waals surface area contributed by atoms with Gasteiger partial charge in [-0.15, -0.1) is 0 Å². The number of benzene rings is 3. The molecular formula is C24H22FN3O2. The fraction of sp³-hybridized carbons (Fsp3) is 0.208. The van der Waals surface area contributed by atoms with Crippen molar-refractivity contribution in [1.29, 1.82) is 5.26 Å². The molecule has 2 amide bonds. The van der Waals surface area contributed by atoms with Crippen molar-refractivity contribution in [3.63, 3.8) is 0 Å². The average molecular weight is 403 g/mol. The summed E-state index contributed by atoms with van der Waals surface area (Å²) in [6.07, 6.45) is 0.149. The molecule has 0 saturated heterocycles. The molecule has 0 saturated carbocycles. The van der Waals surface area contributed by atoms with Gasteiger partial charge >= 0.3 is 0 Å². The van der Waals surface area contributed by atoms with Gasteiger partial charge in [0.25, 0.3) is 0 Å². The van der Waals surface area contributed by atoms with E-state index in [1.165, 1.54) is 12.1 Å². The largest absolute Gasteiger partial charge is 0.344 e. The predicted octanol–water partition coefficient (Wildman–Crippen LogP) is 4.17. The van der Waals surface area contributed by atoms with Crippen molar-refractivity contribution in [2.24, 2.45) is 5.92 Å². The van der Waals surface area contributed by atoms with Crippen LogP contribution < -0.4 is 10.6 Å².